The lowest BCUT2D eigenvalue weighted by Gasteiger charge is -2.06. The van der Waals surface area contributed by atoms with Crippen LogP contribution in [0, 0.1) is 5.92 Å². The van der Waals surface area contributed by atoms with Crippen LogP contribution in [0.5, 0.6) is 0 Å². The Balaban J connectivity index is 2.06. The van der Waals surface area contributed by atoms with Crippen LogP contribution in [-0.2, 0) is 0 Å². The minimum absolute atomic E-state index is 0.204. The maximum Gasteiger partial charge on any atom is 0.146 e. The van der Waals surface area contributed by atoms with Crippen molar-refractivity contribution in [1.29, 1.82) is 0 Å². The third-order valence-electron chi connectivity index (χ3n) is 2.29. The van der Waals surface area contributed by atoms with E-state index in [1.165, 1.54) is 0 Å². The van der Waals surface area contributed by atoms with E-state index in [-0.39, 0.29) is 12.6 Å². The van der Waals surface area contributed by atoms with E-state index in [0.717, 1.165) is 6.42 Å². The predicted octanol–water partition coefficient (Wildman–Crippen LogP) is 2.18. The van der Waals surface area contributed by atoms with Gasteiger partial charge in [0, 0.05) is 18.6 Å². The van der Waals surface area contributed by atoms with E-state index >= 15 is 0 Å². The van der Waals surface area contributed by atoms with E-state index in [4.69, 9.17) is 28.3 Å². The number of nitrogens with zero attached hydrogens (tertiary/aromatic N) is 1. The van der Waals surface area contributed by atoms with Gasteiger partial charge in [0.2, 0.25) is 0 Å². The molecule has 2 rings (SSSR count). The van der Waals surface area contributed by atoms with Crippen molar-refractivity contribution in [2.45, 2.75) is 12.5 Å². The lowest BCUT2D eigenvalue weighted by atomic mass is 10.4. The molecule has 0 aromatic carbocycles. The molecule has 0 spiro atoms. The Morgan fingerprint density at radius 1 is 1.50 bits per heavy atom. The molecular formula is C9H10Cl2N2O. The third-order valence-corrected chi connectivity index (χ3v) is 2.81. The van der Waals surface area contributed by atoms with E-state index in [1.807, 2.05) is 0 Å². The van der Waals surface area contributed by atoms with Crippen molar-refractivity contribution in [3.63, 3.8) is 0 Å². The highest BCUT2D eigenvalue weighted by molar-refractivity contribution is 6.34. The molecule has 14 heavy (non-hydrogen) atoms. The largest absolute Gasteiger partial charge is 0.396 e. The third kappa shape index (κ3) is 2.11. The molecule has 1 aliphatic carbocycles. The molecule has 1 aliphatic rings. The number of hydrogen-bond donors (Lipinski definition) is 2. The second kappa shape index (κ2) is 3.93. The van der Waals surface area contributed by atoms with E-state index in [0.29, 0.717) is 21.9 Å². The molecule has 76 valence electrons. The summed E-state index contributed by atoms with van der Waals surface area (Å²) < 4.78 is 0. The van der Waals surface area contributed by atoms with Gasteiger partial charge in [0.15, 0.2) is 0 Å². The number of nitrogens with one attached hydrogen (secondary N) is 1. The Morgan fingerprint density at radius 3 is 2.93 bits per heavy atom. The highest BCUT2D eigenvalue weighted by atomic mass is 35.5. The van der Waals surface area contributed by atoms with E-state index in [1.54, 1.807) is 12.1 Å². The van der Waals surface area contributed by atoms with Crippen LogP contribution in [0.2, 0.25) is 10.2 Å². The average molecular weight is 233 g/mol. The molecule has 3 nitrogen and oxygen atoms in total. The summed E-state index contributed by atoms with van der Waals surface area (Å²) in [6.45, 7) is 0.204. The van der Waals surface area contributed by atoms with Crippen molar-refractivity contribution in [3.05, 3.63) is 22.3 Å². The zero-order chi connectivity index (χ0) is 10.1. The number of aliphatic hydroxyl groups excluding tert-OH is 1. The summed E-state index contributed by atoms with van der Waals surface area (Å²) in [7, 11) is 0. The standard InChI is InChI=1S/C9H10Cl2N2O/c10-6-1-2-8(11)13-9(6)12-7-3-5(7)4-14/h1-2,5,7,14H,3-4H2,(H,12,13)/t5-,7+/m0/s1. The minimum atomic E-state index is 0.204. The first-order valence-corrected chi connectivity index (χ1v) is 5.15. The van der Waals surface area contributed by atoms with E-state index < -0.39 is 0 Å². The van der Waals surface area contributed by atoms with Crippen LogP contribution in [0.25, 0.3) is 0 Å². The summed E-state index contributed by atoms with van der Waals surface area (Å²) in [6.07, 6.45) is 0.959. The van der Waals surface area contributed by atoms with Gasteiger partial charge in [-0.15, -0.1) is 0 Å². The molecule has 1 fully saturated rings. The van der Waals surface area contributed by atoms with Crippen LogP contribution in [0.1, 0.15) is 6.42 Å². The number of aliphatic hydroxyl groups is 1. The van der Waals surface area contributed by atoms with Crippen molar-refractivity contribution in [1.82, 2.24) is 4.98 Å². The Hall–Kier alpha value is -0.510. The summed E-state index contributed by atoms with van der Waals surface area (Å²) in [5, 5.41) is 13.0. The second-order valence-corrected chi connectivity index (χ2v) is 4.19. The van der Waals surface area contributed by atoms with Gasteiger partial charge in [-0.1, -0.05) is 23.2 Å². The summed E-state index contributed by atoms with van der Waals surface area (Å²) in [5.41, 5.74) is 0. The molecule has 0 radical (unpaired) electrons. The molecule has 0 aliphatic heterocycles. The van der Waals surface area contributed by atoms with Gasteiger partial charge in [-0.3, -0.25) is 0 Å². The van der Waals surface area contributed by atoms with Gasteiger partial charge in [-0.05, 0) is 18.6 Å². The fraction of sp³-hybridized carbons (Fsp3) is 0.444. The van der Waals surface area contributed by atoms with Crippen LogP contribution in [0.4, 0.5) is 5.82 Å². The van der Waals surface area contributed by atoms with Gasteiger partial charge in [0.25, 0.3) is 0 Å². The van der Waals surface area contributed by atoms with Crippen LogP contribution in [0.3, 0.4) is 0 Å². The molecule has 2 atom stereocenters. The fourth-order valence-corrected chi connectivity index (χ4v) is 1.63. The van der Waals surface area contributed by atoms with Crippen LogP contribution in [-0.4, -0.2) is 22.7 Å². The van der Waals surface area contributed by atoms with Gasteiger partial charge in [0.05, 0.1) is 5.02 Å². The predicted molar refractivity (Wildman–Crippen MR) is 56.9 cm³/mol. The molecule has 0 bridgehead atoms. The quantitative estimate of drug-likeness (QED) is 0.786. The molecule has 1 aromatic rings. The Bertz CT molecular complexity index is 346. The Kier molecular flexibility index (Phi) is 2.81. The molecular weight excluding hydrogens is 223 g/mol. The van der Waals surface area contributed by atoms with Gasteiger partial charge in [-0.25, -0.2) is 4.98 Å². The number of pyridine rings is 1. The first kappa shape index (κ1) is 10.0. The Labute approximate surface area is 92.1 Å². The van der Waals surface area contributed by atoms with Gasteiger partial charge >= 0.3 is 0 Å². The van der Waals surface area contributed by atoms with Crippen molar-refractivity contribution < 1.29 is 5.11 Å². The molecule has 0 amide bonds. The first-order chi connectivity index (χ1) is 6.70. The lowest BCUT2D eigenvalue weighted by Crippen LogP contribution is -2.08. The smallest absolute Gasteiger partial charge is 0.146 e. The number of aromatic nitrogens is 1. The molecule has 5 heteroatoms. The number of rotatable bonds is 3. The van der Waals surface area contributed by atoms with Crippen molar-refractivity contribution in [3.8, 4) is 0 Å². The molecule has 0 unspecified atom stereocenters. The monoisotopic (exact) mass is 232 g/mol. The molecule has 1 aromatic heterocycles. The van der Waals surface area contributed by atoms with Crippen LogP contribution < -0.4 is 5.32 Å². The van der Waals surface area contributed by atoms with E-state index in [2.05, 4.69) is 10.3 Å². The minimum Gasteiger partial charge on any atom is -0.396 e. The summed E-state index contributed by atoms with van der Waals surface area (Å²) in [5.74, 6) is 0.923. The first-order valence-electron chi connectivity index (χ1n) is 4.40. The number of hydrogen-bond acceptors (Lipinski definition) is 3. The van der Waals surface area contributed by atoms with Crippen LogP contribution >= 0.6 is 23.2 Å². The topological polar surface area (TPSA) is 45.1 Å². The zero-order valence-electron chi connectivity index (χ0n) is 7.37. The fourth-order valence-electron chi connectivity index (χ4n) is 1.32. The normalized spacial score (nSPS) is 24.8. The summed E-state index contributed by atoms with van der Waals surface area (Å²) in [6, 6.07) is 3.63. The second-order valence-electron chi connectivity index (χ2n) is 3.39. The van der Waals surface area contributed by atoms with Crippen molar-refractivity contribution >= 4 is 29.0 Å². The highest BCUT2D eigenvalue weighted by Gasteiger charge is 2.36. The van der Waals surface area contributed by atoms with Gasteiger partial charge in [-0.2, -0.15) is 0 Å². The Morgan fingerprint density at radius 2 is 2.29 bits per heavy atom. The van der Waals surface area contributed by atoms with Gasteiger partial charge < -0.3 is 10.4 Å². The number of anilines is 1. The van der Waals surface area contributed by atoms with Crippen LogP contribution in [0.15, 0.2) is 12.1 Å². The zero-order valence-corrected chi connectivity index (χ0v) is 8.89. The molecule has 0 saturated heterocycles. The SMILES string of the molecule is OC[C@@H]1C[C@H]1Nc1nc(Cl)ccc1Cl. The maximum absolute atomic E-state index is 8.86. The number of halogens is 2. The molecule has 1 saturated carbocycles. The van der Waals surface area contributed by atoms with Gasteiger partial charge in [0.1, 0.15) is 11.0 Å². The molecule has 2 N–H and O–H groups in total. The lowest BCUT2D eigenvalue weighted by molar-refractivity contribution is 0.275. The highest BCUT2D eigenvalue weighted by Crippen LogP contribution is 2.34. The van der Waals surface area contributed by atoms with Crippen molar-refractivity contribution in [2.75, 3.05) is 11.9 Å². The summed E-state index contributed by atoms with van der Waals surface area (Å²) >= 11 is 11.6. The van der Waals surface area contributed by atoms with Crippen molar-refractivity contribution in [2.24, 2.45) is 5.92 Å². The molecule has 1 heterocycles. The summed E-state index contributed by atoms with van der Waals surface area (Å²) in [4.78, 5) is 4.06. The van der Waals surface area contributed by atoms with E-state index in [9.17, 15) is 0 Å². The maximum atomic E-state index is 8.86. The average Bonchev–Trinajstić information content (AvgIpc) is 2.90.